The molecule has 0 aliphatic heterocycles. The molecule has 60 valence electrons. The number of hydrogen-bond acceptors (Lipinski definition) is 2. The zero-order chi connectivity index (χ0) is 8.69. The Labute approximate surface area is 91.8 Å². The molecule has 0 aromatic heterocycles. The van der Waals surface area contributed by atoms with Crippen molar-refractivity contribution in [3.05, 3.63) is 30.3 Å². The molecule has 5 heteroatoms. The maximum Gasteiger partial charge on any atom is 1.00 e. The molecular weight excluding hydrogens is 171 g/mol. The van der Waals surface area contributed by atoms with Gasteiger partial charge in [-0.1, -0.05) is 30.3 Å². The first-order valence-corrected chi connectivity index (χ1v) is 2.77. The summed E-state index contributed by atoms with van der Waals surface area (Å²) in [5.41, 5.74) is 0. The number of carbonyl (C=O) groups is 1. The van der Waals surface area contributed by atoms with E-state index in [2.05, 4.69) is 0 Å². The topological polar surface area (TPSA) is 80.6 Å². The normalized spacial score (nSPS) is 7.00. The first-order chi connectivity index (χ1) is 5.13. The Morgan fingerprint density at radius 2 is 1.50 bits per heavy atom. The van der Waals surface area contributed by atoms with Gasteiger partial charge in [0, 0.05) is 0 Å². The molecule has 12 heavy (non-hydrogen) atoms. The van der Waals surface area contributed by atoms with Gasteiger partial charge in [-0.15, -0.1) is 5.75 Å². The van der Waals surface area contributed by atoms with E-state index in [0.29, 0.717) is 0 Å². The van der Waals surface area contributed by atoms with Crippen molar-refractivity contribution in [3.8, 4) is 5.75 Å². The van der Waals surface area contributed by atoms with Gasteiger partial charge in [0.25, 0.3) is 0 Å². The molecular formula is C7H7NaO4. The molecule has 0 aliphatic rings. The van der Waals surface area contributed by atoms with E-state index in [9.17, 15) is 5.11 Å². The Balaban J connectivity index is 0. The summed E-state index contributed by atoms with van der Waals surface area (Å²) in [6, 6.07) is 8.33. The average molecular weight is 178 g/mol. The third-order valence-electron chi connectivity index (χ3n) is 0.743. The Hall–Kier alpha value is -0.710. The standard InChI is InChI=1S/C6H6O.CH2O3.Na/c7-6-4-2-1-3-5-6;2-1(3)4;/h1-5,7H;(H2,2,3,4);/q;;+1/p-1. The van der Waals surface area contributed by atoms with E-state index >= 15 is 0 Å². The summed E-state index contributed by atoms with van der Waals surface area (Å²) in [5.74, 6) is 0.0718. The summed E-state index contributed by atoms with van der Waals surface area (Å²) in [4.78, 5) is 8.56. The van der Waals surface area contributed by atoms with Crippen LogP contribution in [0, 0.1) is 0 Å². The Morgan fingerprint density at radius 3 is 1.67 bits per heavy atom. The first kappa shape index (κ1) is 13.9. The predicted octanol–water partition coefficient (Wildman–Crippen LogP) is -2.01. The first-order valence-electron chi connectivity index (χ1n) is 2.77. The minimum Gasteiger partial charge on any atom is -0.872 e. The summed E-state index contributed by atoms with van der Waals surface area (Å²) >= 11 is 0. The molecule has 0 atom stereocenters. The van der Waals surface area contributed by atoms with Crippen LogP contribution in [0.5, 0.6) is 5.75 Å². The van der Waals surface area contributed by atoms with Crippen LogP contribution in [0.1, 0.15) is 0 Å². The van der Waals surface area contributed by atoms with E-state index in [0.717, 1.165) is 0 Å². The van der Waals surface area contributed by atoms with E-state index in [-0.39, 0.29) is 35.3 Å². The molecule has 1 aromatic rings. The maximum atomic E-state index is 10.3. The molecule has 0 aliphatic carbocycles. The van der Waals surface area contributed by atoms with Gasteiger partial charge in [0.05, 0.1) is 0 Å². The zero-order valence-corrected chi connectivity index (χ0v) is 8.60. The summed E-state index contributed by atoms with van der Waals surface area (Å²) in [6.07, 6.45) is -1.83. The van der Waals surface area contributed by atoms with E-state index in [1.54, 1.807) is 12.1 Å². The van der Waals surface area contributed by atoms with Crippen molar-refractivity contribution in [1.82, 2.24) is 0 Å². The minimum atomic E-state index is -1.83. The van der Waals surface area contributed by atoms with E-state index in [1.807, 2.05) is 6.07 Å². The van der Waals surface area contributed by atoms with Gasteiger partial charge in [-0.05, 0) is 0 Å². The SMILES string of the molecule is O=C(O)O.[Na+].[O-]c1ccccc1. The molecule has 0 amide bonds. The Morgan fingerprint density at radius 1 is 1.17 bits per heavy atom. The monoisotopic (exact) mass is 178 g/mol. The van der Waals surface area contributed by atoms with Crippen molar-refractivity contribution in [2.75, 3.05) is 0 Å². The van der Waals surface area contributed by atoms with Gasteiger partial charge in [-0.2, -0.15) is 0 Å². The van der Waals surface area contributed by atoms with Crippen LogP contribution >= 0.6 is 0 Å². The van der Waals surface area contributed by atoms with E-state index in [1.165, 1.54) is 12.1 Å². The Bertz CT molecular complexity index is 208. The number of benzene rings is 1. The maximum absolute atomic E-state index is 10.3. The van der Waals surface area contributed by atoms with Crippen molar-refractivity contribution in [2.45, 2.75) is 0 Å². The van der Waals surface area contributed by atoms with Gasteiger partial charge in [0.1, 0.15) is 0 Å². The van der Waals surface area contributed by atoms with Crippen LogP contribution in [0.3, 0.4) is 0 Å². The molecule has 1 aromatic carbocycles. The summed E-state index contributed by atoms with van der Waals surface area (Å²) in [6.45, 7) is 0. The molecule has 0 bridgehead atoms. The van der Waals surface area contributed by atoms with Crippen LogP contribution in [0.15, 0.2) is 30.3 Å². The van der Waals surface area contributed by atoms with Gasteiger partial charge in [-0.3, -0.25) is 0 Å². The van der Waals surface area contributed by atoms with Crippen LogP contribution in [0.25, 0.3) is 0 Å². The number of carboxylic acid groups (broad SMARTS) is 2. The van der Waals surface area contributed by atoms with Crippen molar-refractivity contribution >= 4 is 6.16 Å². The molecule has 1 rings (SSSR count). The van der Waals surface area contributed by atoms with Gasteiger partial charge >= 0.3 is 35.7 Å². The third kappa shape index (κ3) is 12.0. The number of para-hydroxylation sites is 1. The van der Waals surface area contributed by atoms with Crippen LogP contribution in [-0.2, 0) is 0 Å². The second-order valence-electron chi connectivity index (χ2n) is 1.60. The van der Waals surface area contributed by atoms with Gasteiger partial charge in [-0.25, -0.2) is 4.79 Å². The number of hydrogen-bond donors (Lipinski definition) is 2. The quantitative estimate of drug-likeness (QED) is 0.450. The molecule has 0 saturated carbocycles. The smallest absolute Gasteiger partial charge is 0.872 e. The molecule has 0 unspecified atom stereocenters. The molecule has 0 saturated heterocycles. The molecule has 2 N–H and O–H groups in total. The van der Waals surface area contributed by atoms with Crippen molar-refractivity contribution in [3.63, 3.8) is 0 Å². The Kier molecular flexibility index (Phi) is 9.68. The molecule has 0 fully saturated rings. The second-order valence-corrected chi connectivity index (χ2v) is 1.60. The fraction of sp³-hybridized carbons (Fsp3) is 0. The summed E-state index contributed by atoms with van der Waals surface area (Å²) in [5, 5.41) is 24.2. The van der Waals surface area contributed by atoms with E-state index in [4.69, 9.17) is 15.0 Å². The zero-order valence-electron chi connectivity index (χ0n) is 6.60. The fourth-order valence-corrected chi connectivity index (χ4v) is 0.420. The van der Waals surface area contributed by atoms with Gasteiger partial charge in [0.15, 0.2) is 0 Å². The average Bonchev–Trinajstić information content (AvgIpc) is 1.87. The molecule has 0 spiro atoms. The van der Waals surface area contributed by atoms with Gasteiger partial charge in [0.2, 0.25) is 0 Å². The predicted molar refractivity (Wildman–Crippen MR) is 36.5 cm³/mol. The fourth-order valence-electron chi connectivity index (χ4n) is 0.420. The number of rotatable bonds is 0. The van der Waals surface area contributed by atoms with Crippen molar-refractivity contribution in [2.24, 2.45) is 0 Å². The summed E-state index contributed by atoms with van der Waals surface area (Å²) < 4.78 is 0. The van der Waals surface area contributed by atoms with Crippen LogP contribution in [0.2, 0.25) is 0 Å². The molecule has 4 nitrogen and oxygen atoms in total. The third-order valence-corrected chi connectivity index (χ3v) is 0.743. The second kappa shape index (κ2) is 8.39. The largest absolute Gasteiger partial charge is 1.00 e. The van der Waals surface area contributed by atoms with Crippen LogP contribution in [-0.4, -0.2) is 16.4 Å². The molecule has 0 heterocycles. The van der Waals surface area contributed by atoms with Crippen LogP contribution < -0.4 is 34.7 Å². The summed E-state index contributed by atoms with van der Waals surface area (Å²) in [7, 11) is 0. The van der Waals surface area contributed by atoms with Crippen molar-refractivity contribution in [1.29, 1.82) is 0 Å². The van der Waals surface area contributed by atoms with E-state index < -0.39 is 6.16 Å². The van der Waals surface area contributed by atoms with Crippen molar-refractivity contribution < 1.29 is 49.7 Å². The minimum absolute atomic E-state index is 0. The van der Waals surface area contributed by atoms with Gasteiger partial charge < -0.3 is 15.3 Å². The molecule has 0 radical (unpaired) electrons. The van der Waals surface area contributed by atoms with Crippen LogP contribution in [0.4, 0.5) is 4.79 Å².